The van der Waals surface area contributed by atoms with Crippen molar-refractivity contribution in [2.24, 2.45) is 11.3 Å². The van der Waals surface area contributed by atoms with Gasteiger partial charge in [0, 0.05) is 16.3 Å². The number of rotatable bonds is 6. The molecular weight excluding hydrogens is 270 g/mol. The van der Waals surface area contributed by atoms with E-state index >= 15 is 0 Å². The Balaban J connectivity index is 2.12. The molecule has 0 aliphatic carbocycles. The molecule has 2 aromatic rings. The Morgan fingerprint density at radius 1 is 1.05 bits per heavy atom. The highest BCUT2D eigenvalue weighted by molar-refractivity contribution is 7.11. The smallest absolute Gasteiger partial charge is 0.0765 e. The topological polar surface area (TPSA) is 12.0 Å². The van der Waals surface area contributed by atoms with Crippen LogP contribution in [0.25, 0.3) is 0 Å². The molecule has 2 rings (SSSR count). The molecule has 0 aliphatic rings. The van der Waals surface area contributed by atoms with Gasteiger partial charge in [0.1, 0.15) is 0 Å². The zero-order valence-electron chi connectivity index (χ0n) is 12.1. The molecule has 0 saturated carbocycles. The second-order valence-electron chi connectivity index (χ2n) is 5.99. The first kappa shape index (κ1) is 14.8. The summed E-state index contributed by atoms with van der Waals surface area (Å²) in [6.45, 7) is 10.3. The predicted octanol–water partition coefficient (Wildman–Crippen LogP) is 5.17. The molecule has 3 heteroatoms. The summed E-state index contributed by atoms with van der Waals surface area (Å²) in [5.41, 5.74) is 0.312. The predicted molar refractivity (Wildman–Crippen MR) is 87.1 cm³/mol. The molecule has 2 aromatic heterocycles. The van der Waals surface area contributed by atoms with Crippen molar-refractivity contribution in [2.45, 2.75) is 33.7 Å². The Morgan fingerprint density at radius 3 is 1.95 bits per heavy atom. The van der Waals surface area contributed by atoms with Crippen LogP contribution >= 0.6 is 22.7 Å². The third-order valence-electron chi connectivity index (χ3n) is 3.98. The van der Waals surface area contributed by atoms with Gasteiger partial charge in [-0.1, -0.05) is 39.8 Å². The molecule has 0 atom stereocenters. The van der Waals surface area contributed by atoms with Crippen LogP contribution in [0.5, 0.6) is 0 Å². The van der Waals surface area contributed by atoms with E-state index in [1.807, 2.05) is 22.7 Å². The van der Waals surface area contributed by atoms with Crippen LogP contribution in [0.2, 0.25) is 0 Å². The highest BCUT2D eigenvalue weighted by Gasteiger charge is 2.25. The van der Waals surface area contributed by atoms with E-state index in [2.05, 4.69) is 68.0 Å². The van der Waals surface area contributed by atoms with Crippen molar-refractivity contribution in [2.75, 3.05) is 6.54 Å². The average molecular weight is 294 g/mol. The van der Waals surface area contributed by atoms with Gasteiger partial charge in [-0.15, -0.1) is 22.7 Å². The number of hydrogen-bond acceptors (Lipinski definition) is 3. The fraction of sp³-hybridized carbons (Fsp3) is 0.500. The molecule has 1 nitrogen and oxygen atoms in total. The minimum Gasteiger partial charge on any atom is -0.304 e. The van der Waals surface area contributed by atoms with E-state index in [1.165, 1.54) is 9.75 Å². The van der Waals surface area contributed by atoms with E-state index in [4.69, 9.17) is 0 Å². The fourth-order valence-corrected chi connectivity index (χ4v) is 3.53. The van der Waals surface area contributed by atoms with Gasteiger partial charge >= 0.3 is 0 Å². The number of nitrogens with one attached hydrogen (secondary N) is 1. The molecule has 0 aliphatic heterocycles. The molecule has 0 fully saturated rings. The normalized spacial score (nSPS) is 12.5. The van der Waals surface area contributed by atoms with Crippen LogP contribution in [0, 0.1) is 11.3 Å². The lowest BCUT2D eigenvalue weighted by atomic mass is 9.81. The van der Waals surface area contributed by atoms with Gasteiger partial charge in [0.15, 0.2) is 0 Å². The summed E-state index contributed by atoms with van der Waals surface area (Å²) in [7, 11) is 0. The number of thiophene rings is 2. The molecule has 0 amide bonds. The average Bonchev–Trinajstić information content (AvgIpc) is 3.00. The molecule has 0 spiro atoms. The summed E-state index contributed by atoms with van der Waals surface area (Å²) in [5.74, 6) is 0.673. The Morgan fingerprint density at radius 2 is 1.58 bits per heavy atom. The van der Waals surface area contributed by atoms with Crippen molar-refractivity contribution in [3.63, 3.8) is 0 Å². The standard InChI is InChI=1S/C16H23NS2/c1-12(2)16(3,4)11-17-15(13-7-5-9-18-13)14-8-6-10-19-14/h5-10,12,15,17H,11H2,1-4H3. The third kappa shape index (κ3) is 3.68. The molecule has 0 unspecified atom stereocenters. The quantitative estimate of drug-likeness (QED) is 0.774. The summed E-state index contributed by atoms with van der Waals surface area (Å²) < 4.78 is 0. The summed E-state index contributed by atoms with van der Waals surface area (Å²) in [5, 5.41) is 8.08. The maximum atomic E-state index is 3.77. The highest BCUT2D eigenvalue weighted by atomic mass is 32.1. The first-order valence-electron chi connectivity index (χ1n) is 6.81. The maximum absolute atomic E-state index is 3.77. The summed E-state index contributed by atoms with van der Waals surface area (Å²) in [6.07, 6.45) is 0. The van der Waals surface area contributed by atoms with E-state index in [0.29, 0.717) is 17.4 Å². The maximum Gasteiger partial charge on any atom is 0.0765 e. The van der Waals surface area contributed by atoms with Crippen molar-refractivity contribution in [1.29, 1.82) is 0 Å². The van der Waals surface area contributed by atoms with Crippen LogP contribution in [0.3, 0.4) is 0 Å². The monoisotopic (exact) mass is 293 g/mol. The molecule has 0 radical (unpaired) electrons. The zero-order valence-corrected chi connectivity index (χ0v) is 13.8. The van der Waals surface area contributed by atoms with E-state index in [0.717, 1.165) is 6.54 Å². The summed E-state index contributed by atoms with van der Waals surface area (Å²) >= 11 is 3.66. The van der Waals surface area contributed by atoms with Crippen LogP contribution in [-0.4, -0.2) is 6.54 Å². The largest absolute Gasteiger partial charge is 0.304 e. The number of hydrogen-bond donors (Lipinski definition) is 1. The first-order valence-corrected chi connectivity index (χ1v) is 8.57. The zero-order chi connectivity index (χ0) is 13.9. The van der Waals surface area contributed by atoms with Crippen LogP contribution in [0.1, 0.15) is 43.5 Å². The van der Waals surface area contributed by atoms with Gasteiger partial charge in [-0.05, 0) is 34.2 Å². The van der Waals surface area contributed by atoms with E-state index in [-0.39, 0.29) is 0 Å². The Hall–Kier alpha value is -0.640. The Labute approximate surface area is 124 Å². The second-order valence-corrected chi connectivity index (χ2v) is 7.95. The van der Waals surface area contributed by atoms with Gasteiger partial charge in [-0.2, -0.15) is 0 Å². The van der Waals surface area contributed by atoms with E-state index < -0.39 is 0 Å². The Bertz CT molecular complexity index is 435. The SMILES string of the molecule is CC(C)C(C)(C)CNC(c1cccs1)c1cccs1. The van der Waals surface area contributed by atoms with Gasteiger partial charge < -0.3 is 5.32 Å². The van der Waals surface area contributed by atoms with Crippen LogP contribution in [0.4, 0.5) is 0 Å². The lowest BCUT2D eigenvalue weighted by Crippen LogP contribution is -2.35. The van der Waals surface area contributed by atoms with Crippen molar-refractivity contribution in [3.05, 3.63) is 44.8 Å². The van der Waals surface area contributed by atoms with Crippen molar-refractivity contribution >= 4 is 22.7 Å². The molecule has 0 aromatic carbocycles. The van der Waals surface area contributed by atoms with Crippen LogP contribution in [-0.2, 0) is 0 Å². The molecular formula is C16H23NS2. The van der Waals surface area contributed by atoms with Gasteiger partial charge in [-0.3, -0.25) is 0 Å². The summed E-state index contributed by atoms with van der Waals surface area (Å²) in [6, 6.07) is 9.07. The minimum atomic E-state index is 0.312. The van der Waals surface area contributed by atoms with Crippen molar-refractivity contribution in [3.8, 4) is 0 Å². The lowest BCUT2D eigenvalue weighted by molar-refractivity contribution is 0.233. The summed E-state index contributed by atoms with van der Waals surface area (Å²) in [4.78, 5) is 2.81. The van der Waals surface area contributed by atoms with E-state index in [1.54, 1.807) is 0 Å². The van der Waals surface area contributed by atoms with Gasteiger partial charge in [0.25, 0.3) is 0 Å². The highest BCUT2D eigenvalue weighted by Crippen LogP contribution is 2.31. The molecule has 0 saturated heterocycles. The third-order valence-corrected chi connectivity index (χ3v) is 5.85. The molecule has 19 heavy (non-hydrogen) atoms. The molecule has 2 heterocycles. The second kappa shape index (κ2) is 6.21. The van der Waals surface area contributed by atoms with Crippen molar-refractivity contribution in [1.82, 2.24) is 5.32 Å². The fourth-order valence-electron chi connectivity index (χ4n) is 1.82. The van der Waals surface area contributed by atoms with Gasteiger partial charge in [0.2, 0.25) is 0 Å². The lowest BCUT2D eigenvalue weighted by Gasteiger charge is -2.31. The minimum absolute atomic E-state index is 0.312. The van der Waals surface area contributed by atoms with Crippen molar-refractivity contribution < 1.29 is 0 Å². The van der Waals surface area contributed by atoms with Gasteiger partial charge in [-0.25, -0.2) is 0 Å². The molecule has 1 N–H and O–H groups in total. The van der Waals surface area contributed by atoms with Crippen LogP contribution in [0.15, 0.2) is 35.0 Å². The Kier molecular flexibility index (Phi) is 4.82. The van der Waals surface area contributed by atoms with Gasteiger partial charge in [0.05, 0.1) is 6.04 Å². The first-order chi connectivity index (χ1) is 9.00. The van der Waals surface area contributed by atoms with Crippen LogP contribution < -0.4 is 5.32 Å². The molecule has 0 bridgehead atoms. The van der Waals surface area contributed by atoms with E-state index in [9.17, 15) is 0 Å². The molecule has 104 valence electrons.